The Hall–Kier alpha value is -0.900. The van der Waals surface area contributed by atoms with Gasteiger partial charge in [0, 0.05) is 38.3 Å². The molecular formula is C18H30N2O. The van der Waals surface area contributed by atoms with Crippen LogP contribution in [0.25, 0.3) is 0 Å². The van der Waals surface area contributed by atoms with Crippen molar-refractivity contribution in [3.63, 3.8) is 0 Å². The summed E-state index contributed by atoms with van der Waals surface area (Å²) >= 11 is 0. The summed E-state index contributed by atoms with van der Waals surface area (Å²) in [4.78, 5) is 2.60. The Morgan fingerprint density at radius 3 is 2.57 bits per heavy atom. The molecule has 2 rings (SSSR count). The minimum atomic E-state index is 0.279. The number of rotatable bonds is 5. The number of nitrogens with one attached hydrogen (secondary N) is 1. The number of ether oxygens (including phenoxy) is 1. The van der Waals surface area contributed by atoms with E-state index in [9.17, 15) is 0 Å². The predicted octanol–water partition coefficient (Wildman–Crippen LogP) is 3.08. The summed E-state index contributed by atoms with van der Waals surface area (Å²) < 4.78 is 5.58. The molecule has 1 saturated heterocycles. The zero-order chi connectivity index (χ0) is 15.3. The third-order valence-corrected chi connectivity index (χ3v) is 4.34. The van der Waals surface area contributed by atoms with Crippen molar-refractivity contribution >= 4 is 0 Å². The Bertz CT molecular complexity index is 413. The van der Waals surface area contributed by atoms with Crippen molar-refractivity contribution in [1.29, 1.82) is 0 Å². The lowest BCUT2D eigenvalue weighted by Crippen LogP contribution is -2.58. The van der Waals surface area contributed by atoms with Gasteiger partial charge < -0.3 is 10.1 Å². The molecule has 1 heterocycles. The van der Waals surface area contributed by atoms with Gasteiger partial charge in [0.05, 0.1) is 6.61 Å². The number of hydrogen-bond acceptors (Lipinski definition) is 3. The Morgan fingerprint density at radius 1 is 1.24 bits per heavy atom. The molecule has 0 spiro atoms. The van der Waals surface area contributed by atoms with Crippen LogP contribution in [0.5, 0.6) is 0 Å². The van der Waals surface area contributed by atoms with E-state index in [0.717, 1.165) is 32.8 Å². The first kappa shape index (κ1) is 16.5. The summed E-state index contributed by atoms with van der Waals surface area (Å²) in [6, 6.07) is 11.7. The molecule has 1 aliphatic rings. The van der Waals surface area contributed by atoms with Crippen LogP contribution in [0.15, 0.2) is 30.3 Å². The van der Waals surface area contributed by atoms with Gasteiger partial charge in [-0.05, 0) is 17.9 Å². The summed E-state index contributed by atoms with van der Waals surface area (Å²) in [5, 5.41) is 3.73. The van der Waals surface area contributed by atoms with Crippen LogP contribution in [0.1, 0.15) is 39.3 Å². The fraction of sp³-hybridized carbons (Fsp3) is 0.667. The predicted molar refractivity (Wildman–Crippen MR) is 88.5 cm³/mol. The maximum absolute atomic E-state index is 5.58. The maximum Gasteiger partial charge on any atom is 0.0593 e. The lowest BCUT2D eigenvalue weighted by Gasteiger charge is -2.46. The molecule has 2 atom stereocenters. The van der Waals surface area contributed by atoms with E-state index in [4.69, 9.17) is 4.74 Å². The topological polar surface area (TPSA) is 24.5 Å². The van der Waals surface area contributed by atoms with Crippen molar-refractivity contribution in [1.82, 2.24) is 10.2 Å². The standard InChI is InChI=1S/C18H30N2O/c1-5-21-12-11-20-14-16(15-9-7-6-8-10-15)19-13-17(20)18(2,3)4/h6-10,16-17,19H,5,11-14H2,1-4H3. The molecule has 1 aromatic carbocycles. The van der Waals surface area contributed by atoms with E-state index in [2.05, 4.69) is 68.2 Å². The highest BCUT2D eigenvalue weighted by Gasteiger charge is 2.35. The molecule has 0 saturated carbocycles. The largest absolute Gasteiger partial charge is 0.380 e. The molecule has 3 nitrogen and oxygen atoms in total. The van der Waals surface area contributed by atoms with E-state index < -0.39 is 0 Å². The molecule has 1 aliphatic heterocycles. The molecule has 21 heavy (non-hydrogen) atoms. The molecule has 1 aromatic rings. The Kier molecular flexibility index (Phi) is 5.80. The van der Waals surface area contributed by atoms with E-state index >= 15 is 0 Å². The maximum atomic E-state index is 5.58. The molecule has 0 radical (unpaired) electrons. The molecule has 1 fully saturated rings. The number of piperazine rings is 1. The van der Waals surface area contributed by atoms with Gasteiger partial charge in [-0.25, -0.2) is 0 Å². The van der Waals surface area contributed by atoms with Crippen LogP contribution in [-0.2, 0) is 4.74 Å². The van der Waals surface area contributed by atoms with E-state index in [-0.39, 0.29) is 5.41 Å². The summed E-state index contributed by atoms with van der Waals surface area (Å²) in [5.74, 6) is 0. The Labute approximate surface area is 129 Å². The van der Waals surface area contributed by atoms with Crippen molar-refractivity contribution < 1.29 is 4.74 Å². The zero-order valence-electron chi connectivity index (χ0n) is 13.9. The van der Waals surface area contributed by atoms with Gasteiger partial charge in [-0.3, -0.25) is 4.90 Å². The minimum absolute atomic E-state index is 0.279. The molecule has 0 bridgehead atoms. The Balaban J connectivity index is 2.05. The van der Waals surface area contributed by atoms with Crippen molar-refractivity contribution in [2.75, 3.05) is 32.8 Å². The summed E-state index contributed by atoms with van der Waals surface area (Å²) in [6.07, 6.45) is 0. The zero-order valence-corrected chi connectivity index (χ0v) is 13.9. The highest BCUT2D eigenvalue weighted by Crippen LogP contribution is 2.29. The summed E-state index contributed by atoms with van der Waals surface area (Å²) in [7, 11) is 0. The SMILES string of the molecule is CCOCCN1CC(c2ccccc2)NCC1C(C)(C)C. The van der Waals surface area contributed by atoms with Crippen LogP contribution < -0.4 is 5.32 Å². The average molecular weight is 290 g/mol. The highest BCUT2D eigenvalue weighted by atomic mass is 16.5. The smallest absolute Gasteiger partial charge is 0.0593 e. The lowest BCUT2D eigenvalue weighted by atomic mass is 9.83. The third-order valence-electron chi connectivity index (χ3n) is 4.34. The second kappa shape index (κ2) is 7.39. The normalized spacial score (nSPS) is 24.2. The van der Waals surface area contributed by atoms with Crippen LogP contribution in [0.2, 0.25) is 0 Å². The molecule has 2 unspecified atom stereocenters. The van der Waals surface area contributed by atoms with Gasteiger partial charge in [-0.15, -0.1) is 0 Å². The second-order valence-electron chi connectivity index (χ2n) is 6.95. The van der Waals surface area contributed by atoms with Gasteiger partial charge in [0.15, 0.2) is 0 Å². The van der Waals surface area contributed by atoms with Gasteiger partial charge in [-0.1, -0.05) is 51.1 Å². The van der Waals surface area contributed by atoms with Crippen LogP contribution in [0.4, 0.5) is 0 Å². The van der Waals surface area contributed by atoms with Crippen LogP contribution in [0, 0.1) is 5.41 Å². The molecule has 1 N–H and O–H groups in total. The van der Waals surface area contributed by atoms with Gasteiger partial charge in [0.25, 0.3) is 0 Å². The van der Waals surface area contributed by atoms with E-state index in [0.29, 0.717) is 12.1 Å². The van der Waals surface area contributed by atoms with Crippen LogP contribution >= 0.6 is 0 Å². The second-order valence-corrected chi connectivity index (χ2v) is 6.95. The van der Waals surface area contributed by atoms with Gasteiger partial charge in [0.1, 0.15) is 0 Å². The van der Waals surface area contributed by atoms with E-state index in [1.54, 1.807) is 0 Å². The first-order chi connectivity index (χ1) is 10.0. The fourth-order valence-corrected chi connectivity index (χ4v) is 3.15. The van der Waals surface area contributed by atoms with E-state index in [1.165, 1.54) is 5.56 Å². The third kappa shape index (κ3) is 4.53. The molecule has 118 valence electrons. The number of nitrogens with zero attached hydrogens (tertiary/aromatic N) is 1. The quantitative estimate of drug-likeness (QED) is 0.843. The van der Waals surface area contributed by atoms with Crippen molar-refractivity contribution in [3.05, 3.63) is 35.9 Å². The van der Waals surface area contributed by atoms with Gasteiger partial charge in [0.2, 0.25) is 0 Å². The Morgan fingerprint density at radius 2 is 1.95 bits per heavy atom. The molecule has 0 amide bonds. The summed E-state index contributed by atoms with van der Waals surface area (Å²) in [5.41, 5.74) is 1.66. The number of hydrogen-bond donors (Lipinski definition) is 1. The molecule has 3 heteroatoms. The molecule has 0 aromatic heterocycles. The van der Waals surface area contributed by atoms with Gasteiger partial charge in [-0.2, -0.15) is 0 Å². The van der Waals surface area contributed by atoms with Crippen LogP contribution in [0.3, 0.4) is 0 Å². The van der Waals surface area contributed by atoms with Crippen molar-refractivity contribution in [3.8, 4) is 0 Å². The summed E-state index contributed by atoms with van der Waals surface area (Å²) in [6.45, 7) is 13.8. The monoisotopic (exact) mass is 290 g/mol. The van der Waals surface area contributed by atoms with Crippen molar-refractivity contribution in [2.24, 2.45) is 5.41 Å². The van der Waals surface area contributed by atoms with Crippen molar-refractivity contribution in [2.45, 2.75) is 39.8 Å². The van der Waals surface area contributed by atoms with Crippen LogP contribution in [-0.4, -0.2) is 43.8 Å². The van der Waals surface area contributed by atoms with Gasteiger partial charge >= 0.3 is 0 Å². The highest BCUT2D eigenvalue weighted by molar-refractivity contribution is 5.20. The fourth-order valence-electron chi connectivity index (χ4n) is 3.15. The minimum Gasteiger partial charge on any atom is -0.380 e. The number of benzene rings is 1. The average Bonchev–Trinajstić information content (AvgIpc) is 2.47. The molecular weight excluding hydrogens is 260 g/mol. The lowest BCUT2D eigenvalue weighted by molar-refractivity contribution is 0.0269. The first-order valence-corrected chi connectivity index (χ1v) is 8.12. The van der Waals surface area contributed by atoms with E-state index in [1.807, 2.05) is 0 Å². The molecule has 0 aliphatic carbocycles. The first-order valence-electron chi connectivity index (χ1n) is 8.12.